The van der Waals surface area contributed by atoms with E-state index in [1.165, 1.54) is 0 Å². The molecule has 1 heterocycles. The minimum Gasteiger partial charge on any atom is -0.480 e. The normalized spacial score (nSPS) is 20.7. The van der Waals surface area contributed by atoms with Crippen LogP contribution in [0.1, 0.15) is 12.8 Å². The second-order valence-electron chi connectivity index (χ2n) is 3.51. The van der Waals surface area contributed by atoms with Gasteiger partial charge in [0.15, 0.2) is 0 Å². The minimum atomic E-state index is -1.18. The summed E-state index contributed by atoms with van der Waals surface area (Å²) < 4.78 is 0. The third-order valence-corrected chi connectivity index (χ3v) is 2.28. The number of carboxylic acid groups (broad SMARTS) is 1. The molecule has 0 radical (unpaired) electrons. The van der Waals surface area contributed by atoms with Gasteiger partial charge in [-0.1, -0.05) is 0 Å². The zero-order valence-corrected chi connectivity index (χ0v) is 8.53. The summed E-state index contributed by atoms with van der Waals surface area (Å²) in [4.78, 5) is 33.1. The molecule has 1 rings (SSSR count). The van der Waals surface area contributed by atoms with Crippen LogP contribution in [0.2, 0.25) is 0 Å². The van der Waals surface area contributed by atoms with Gasteiger partial charge in [0.1, 0.15) is 6.04 Å². The predicted molar refractivity (Wildman–Crippen MR) is 54.1 cm³/mol. The second-order valence-corrected chi connectivity index (χ2v) is 3.51. The Kier molecular flexibility index (Phi) is 3.89. The van der Waals surface area contributed by atoms with E-state index in [0.717, 1.165) is 0 Å². The van der Waals surface area contributed by atoms with E-state index in [9.17, 15) is 14.4 Å². The smallest absolute Gasteiger partial charge is 0.327 e. The number of carboxylic acids is 1. The summed E-state index contributed by atoms with van der Waals surface area (Å²) in [6.45, 7) is 0.243. The molecule has 1 fully saturated rings. The maximum atomic E-state index is 11.5. The number of carbonyl (C=O) groups excluding carboxylic acids is 2. The van der Waals surface area contributed by atoms with E-state index < -0.39 is 23.8 Å². The van der Waals surface area contributed by atoms with Crippen LogP contribution in [0.3, 0.4) is 0 Å². The van der Waals surface area contributed by atoms with Crippen molar-refractivity contribution in [2.24, 2.45) is 5.92 Å². The van der Waals surface area contributed by atoms with Gasteiger partial charge in [-0.2, -0.15) is 0 Å². The van der Waals surface area contributed by atoms with Crippen molar-refractivity contribution in [1.29, 1.82) is 0 Å². The molecule has 1 aliphatic heterocycles. The van der Waals surface area contributed by atoms with E-state index in [4.69, 9.17) is 11.5 Å². The zero-order chi connectivity index (χ0) is 12.1. The molecule has 0 aromatic heterocycles. The van der Waals surface area contributed by atoms with Gasteiger partial charge in [0.2, 0.25) is 11.8 Å². The Bertz CT molecular complexity index is 358. The molecule has 2 amide bonds. The van der Waals surface area contributed by atoms with Gasteiger partial charge in [-0.3, -0.25) is 9.59 Å². The van der Waals surface area contributed by atoms with Gasteiger partial charge in [0.25, 0.3) is 0 Å². The monoisotopic (exact) mass is 224 g/mol. The quantitative estimate of drug-likeness (QED) is 0.518. The van der Waals surface area contributed by atoms with Crippen LogP contribution in [-0.4, -0.2) is 35.5 Å². The maximum absolute atomic E-state index is 11.5. The van der Waals surface area contributed by atoms with Crippen molar-refractivity contribution in [2.45, 2.75) is 18.9 Å². The third-order valence-electron chi connectivity index (χ3n) is 2.28. The number of hydrogen-bond donors (Lipinski definition) is 3. The van der Waals surface area contributed by atoms with E-state index >= 15 is 0 Å². The van der Waals surface area contributed by atoms with Gasteiger partial charge in [-0.25, -0.2) is 4.79 Å². The number of terminal acetylenes is 1. The molecule has 0 spiro atoms. The van der Waals surface area contributed by atoms with Gasteiger partial charge >= 0.3 is 5.97 Å². The third kappa shape index (κ3) is 2.98. The van der Waals surface area contributed by atoms with Crippen LogP contribution in [0.4, 0.5) is 0 Å². The Morgan fingerprint density at radius 2 is 2.38 bits per heavy atom. The fourth-order valence-electron chi connectivity index (χ4n) is 1.40. The minimum absolute atomic E-state index is 0.0742. The largest absolute Gasteiger partial charge is 0.480 e. The molecule has 0 aromatic rings. The molecule has 16 heavy (non-hydrogen) atoms. The molecule has 6 nitrogen and oxygen atoms in total. The van der Waals surface area contributed by atoms with Crippen molar-refractivity contribution >= 4 is 17.8 Å². The highest BCUT2D eigenvalue weighted by atomic mass is 16.4. The van der Waals surface area contributed by atoms with Gasteiger partial charge < -0.3 is 15.7 Å². The van der Waals surface area contributed by atoms with Gasteiger partial charge in [-0.05, 0) is 0 Å². The van der Waals surface area contributed by atoms with Crippen LogP contribution in [0, 0.1) is 18.3 Å². The highest BCUT2D eigenvalue weighted by molar-refractivity contribution is 5.91. The first-order valence-corrected chi connectivity index (χ1v) is 4.78. The van der Waals surface area contributed by atoms with Gasteiger partial charge in [0, 0.05) is 19.4 Å². The number of nitrogens with one attached hydrogen (secondary N) is 2. The van der Waals surface area contributed by atoms with Crippen molar-refractivity contribution in [3.8, 4) is 12.3 Å². The molecule has 6 heteroatoms. The van der Waals surface area contributed by atoms with Crippen LogP contribution in [0.25, 0.3) is 0 Å². The highest BCUT2D eigenvalue weighted by Gasteiger charge is 2.30. The summed E-state index contributed by atoms with van der Waals surface area (Å²) in [5.74, 6) is -0.171. The first kappa shape index (κ1) is 12.0. The predicted octanol–water partition coefficient (Wildman–Crippen LogP) is -1.28. The number of carbonyl (C=O) groups is 3. The molecular formula is C10H12N2O4. The fourth-order valence-corrected chi connectivity index (χ4v) is 1.40. The van der Waals surface area contributed by atoms with Crippen molar-refractivity contribution in [3.05, 3.63) is 0 Å². The van der Waals surface area contributed by atoms with Crippen LogP contribution in [0.5, 0.6) is 0 Å². The number of aliphatic carboxylic acids is 1. The molecule has 2 unspecified atom stereocenters. The fraction of sp³-hybridized carbons (Fsp3) is 0.500. The summed E-state index contributed by atoms with van der Waals surface area (Å²) in [6.07, 6.45) is 5.00. The molecule has 3 N–H and O–H groups in total. The standard InChI is InChI=1S/C10H12N2O4/c1-2-3-7(10(15)16)12-9(14)6-4-8(13)11-5-6/h1,6-7H,3-5H2,(H,11,13)(H,12,14)(H,15,16). The van der Waals surface area contributed by atoms with E-state index in [0.29, 0.717) is 0 Å². The summed E-state index contributed by atoms with van der Waals surface area (Å²) in [5.41, 5.74) is 0. The van der Waals surface area contributed by atoms with E-state index in [1.54, 1.807) is 0 Å². The first-order valence-electron chi connectivity index (χ1n) is 4.78. The highest BCUT2D eigenvalue weighted by Crippen LogP contribution is 2.09. The Morgan fingerprint density at radius 1 is 1.69 bits per heavy atom. The number of amides is 2. The van der Waals surface area contributed by atoms with E-state index in [2.05, 4.69) is 16.6 Å². The van der Waals surface area contributed by atoms with E-state index in [1.807, 2.05) is 0 Å². The maximum Gasteiger partial charge on any atom is 0.327 e. The molecule has 2 atom stereocenters. The lowest BCUT2D eigenvalue weighted by Gasteiger charge is -2.14. The Balaban J connectivity index is 2.52. The molecule has 1 saturated heterocycles. The summed E-state index contributed by atoms with van der Waals surface area (Å²) >= 11 is 0. The summed E-state index contributed by atoms with van der Waals surface area (Å²) in [5, 5.41) is 13.6. The van der Waals surface area contributed by atoms with Crippen molar-refractivity contribution in [3.63, 3.8) is 0 Å². The molecule has 86 valence electrons. The molecule has 0 saturated carbocycles. The molecule has 0 aliphatic carbocycles. The Labute approximate surface area is 92.4 Å². The lowest BCUT2D eigenvalue weighted by molar-refractivity contribution is -0.142. The lowest BCUT2D eigenvalue weighted by Crippen LogP contribution is -2.43. The molecular weight excluding hydrogens is 212 g/mol. The number of hydrogen-bond acceptors (Lipinski definition) is 3. The SMILES string of the molecule is C#CCC(NC(=O)C1CNC(=O)C1)C(=O)O. The van der Waals surface area contributed by atoms with Crippen molar-refractivity contribution in [1.82, 2.24) is 10.6 Å². The second kappa shape index (κ2) is 5.16. The zero-order valence-electron chi connectivity index (χ0n) is 8.53. The first-order chi connectivity index (χ1) is 7.54. The molecule has 0 aromatic carbocycles. The van der Waals surface area contributed by atoms with Crippen molar-refractivity contribution < 1.29 is 19.5 Å². The van der Waals surface area contributed by atoms with Crippen LogP contribution in [-0.2, 0) is 14.4 Å². The van der Waals surface area contributed by atoms with Gasteiger partial charge in [-0.15, -0.1) is 12.3 Å². The van der Waals surface area contributed by atoms with Crippen molar-refractivity contribution in [2.75, 3.05) is 6.54 Å². The van der Waals surface area contributed by atoms with E-state index in [-0.39, 0.29) is 25.3 Å². The van der Waals surface area contributed by atoms with Crippen LogP contribution < -0.4 is 10.6 Å². The van der Waals surface area contributed by atoms with Crippen LogP contribution >= 0.6 is 0 Å². The van der Waals surface area contributed by atoms with Gasteiger partial charge in [0.05, 0.1) is 5.92 Å². The Morgan fingerprint density at radius 3 is 2.81 bits per heavy atom. The Hall–Kier alpha value is -2.03. The van der Waals surface area contributed by atoms with Crippen LogP contribution in [0.15, 0.2) is 0 Å². The average Bonchev–Trinajstić information content (AvgIpc) is 2.64. The summed E-state index contributed by atoms with van der Waals surface area (Å²) in [7, 11) is 0. The molecule has 0 bridgehead atoms. The summed E-state index contributed by atoms with van der Waals surface area (Å²) in [6, 6.07) is -1.09. The molecule has 1 aliphatic rings. The average molecular weight is 224 g/mol. The number of rotatable bonds is 4. The topological polar surface area (TPSA) is 95.5 Å². The lowest BCUT2D eigenvalue weighted by atomic mass is 10.1.